The summed E-state index contributed by atoms with van der Waals surface area (Å²) in [6, 6.07) is 1.92. The van der Waals surface area contributed by atoms with E-state index in [0.29, 0.717) is 6.54 Å². The van der Waals surface area contributed by atoms with E-state index in [1.165, 1.54) is 6.33 Å². The molecule has 0 unspecified atom stereocenters. The van der Waals surface area contributed by atoms with E-state index in [9.17, 15) is 0 Å². The molecule has 0 bridgehead atoms. The van der Waals surface area contributed by atoms with Crippen LogP contribution in [0.25, 0.3) is 0 Å². The number of H-pyrrole nitrogens is 1. The Kier molecular flexibility index (Phi) is 4.59. The second kappa shape index (κ2) is 6.80. The fourth-order valence-electron chi connectivity index (χ4n) is 2.49. The average molecular weight is 303 g/mol. The van der Waals surface area contributed by atoms with Crippen LogP contribution >= 0.6 is 0 Å². The van der Waals surface area contributed by atoms with Crippen molar-refractivity contribution in [2.45, 2.75) is 31.6 Å². The molecular formula is C14H21N7O. The lowest BCUT2D eigenvalue weighted by Crippen LogP contribution is -2.26. The van der Waals surface area contributed by atoms with Gasteiger partial charge in [-0.15, -0.1) is 0 Å². The summed E-state index contributed by atoms with van der Waals surface area (Å²) in [4.78, 5) is 14.7. The zero-order valence-electron chi connectivity index (χ0n) is 12.9. The molecule has 0 aliphatic carbocycles. The van der Waals surface area contributed by atoms with Gasteiger partial charge >= 0.3 is 0 Å². The normalized spacial score (nSPS) is 21.2. The summed E-state index contributed by atoms with van der Waals surface area (Å²) >= 11 is 0. The van der Waals surface area contributed by atoms with Crippen LogP contribution in [0.1, 0.15) is 30.5 Å². The number of nitrogens with zero attached hydrogens (tertiary/aromatic N) is 5. The van der Waals surface area contributed by atoms with Crippen LogP contribution in [0.4, 0.5) is 5.95 Å². The summed E-state index contributed by atoms with van der Waals surface area (Å²) in [6.07, 6.45) is 5.52. The van der Waals surface area contributed by atoms with E-state index >= 15 is 0 Å². The maximum Gasteiger partial charge on any atom is 0.225 e. The van der Waals surface area contributed by atoms with Gasteiger partial charge in [-0.05, 0) is 18.9 Å². The Balaban J connectivity index is 1.45. The summed E-state index contributed by atoms with van der Waals surface area (Å²) < 4.78 is 5.97. The van der Waals surface area contributed by atoms with Crippen molar-refractivity contribution in [1.29, 1.82) is 0 Å². The van der Waals surface area contributed by atoms with Gasteiger partial charge in [0.2, 0.25) is 5.95 Å². The number of hydrogen-bond acceptors (Lipinski definition) is 7. The minimum Gasteiger partial charge on any atom is -0.366 e. The molecule has 2 aromatic heterocycles. The Labute approximate surface area is 129 Å². The highest BCUT2D eigenvalue weighted by Gasteiger charge is 2.27. The molecule has 1 saturated heterocycles. The van der Waals surface area contributed by atoms with Gasteiger partial charge in [-0.2, -0.15) is 5.10 Å². The van der Waals surface area contributed by atoms with Gasteiger partial charge in [-0.1, -0.05) is 0 Å². The van der Waals surface area contributed by atoms with Crippen molar-refractivity contribution in [3.63, 3.8) is 0 Å². The first-order valence-corrected chi connectivity index (χ1v) is 7.43. The van der Waals surface area contributed by atoms with Crippen LogP contribution in [0.5, 0.6) is 0 Å². The third kappa shape index (κ3) is 3.58. The number of aromatic amines is 1. The van der Waals surface area contributed by atoms with Gasteiger partial charge < -0.3 is 15.0 Å². The largest absolute Gasteiger partial charge is 0.366 e. The van der Waals surface area contributed by atoms with Crippen LogP contribution in [-0.4, -0.2) is 51.9 Å². The lowest BCUT2D eigenvalue weighted by molar-refractivity contribution is 0.0401. The molecule has 118 valence electrons. The van der Waals surface area contributed by atoms with Gasteiger partial charge in [0.15, 0.2) is 5.82 Å². The molecule has 0 aromatic carbocycles. The Bertz CT molecular complexity index is 587. The number of aromatic nitrogens is 5. The maximum absolute atomic E-state index is 5.97. The standard InChI is InChI=1S/C14H21N7O/c1-21(2)14-16-6-5-10(19-14)7-15-8-11-3-4-12(22-11)13-17-9-18-20-13/h5-6,9,11-12,15H,3-4,7-8H2,1-2H3,(H,17,18,20)/t11-,12+/m1/s1. The van der Waals surface area contributed by atoms with Crippen LogP contribution < -0.4 is 10.2 Å². The minimum atomic E-state index is 0.0358. The molecule has 1 fully saturated rings. The highest BCUT2D eigenvalue weighted by Crippen LogP contribution is 2.29. The van der Waals surface area contributed by atoms with E-state index in [-0.39, 0.29) is 12.2 Å². The molecule has 0 spiro atoms. The van der Waals surface area contributed by atoms with Crippen molar-refractivity contribution >= 4 is 5.95 Å². The second-order valence-corrected chi connectivity index (χ2v) is 5.57. The zero-order valence-corrected chi connectivity index (χ0v) is 12.9. The third-order valence-electron chi connectivity index (χ3n) is 3.62. The lowest BCUT2D eigenvalue weighted by atomic mass is 10.2. The molecule has 22 heavy (non-hydrogen) atoms. The van der Waals surface area contributed by atoms with E-state index in [1.807, 2.05) is 25.1 Å². The Morgan fingerprint density at radius 3 is 3.05 bits per heavy atom. The monoisotopic (exact) mass is 303 g/mol. The maximum atomic E-state index is 5.97. The molecule has 1 aliphatic rings. The molecule has 8 heteroatoms. The molecule has 0 amide bonds. The first kappa shape index (κ1) is 14.9. The summed E-state index contributed by atoms with van der Waals surface area (Å²) in [5.74, 6) is 1.54. The van der Waals surface area contributed by atoms with Crippen molar-refractivity contribution in [2.75, 3.05) is 25.5 Å². The molecule has 8 nitrogen and oxygen atoms in total. The highest BCUT2D eigenvalue weighted by atomic mass is 16.5. The van der Waals surface area contributed by atoms with E-state index in [0.717, 1.165) is 36.9 Å². The smallest absolute Gasteiger partial charge is 0.225 e. The van der Waals surface area contributed by atoms with Crippen LogP contribution in [0.3, 0.4) is 0 Å². The predicted molar refractivity (Wildman–Crippen MR) is 81.3 cm³/mol. The number of hydrogen-bond donors (Lipinski definition) is 2. The Morgan fingerprint density at radius 2 is 2.27 bits per heavy atom. The Hall–Kier alpha value is -2.06. The van der Waals surface area contributed by atoms with Gasteiger partial charge in [-0.25, -0.2) is 15.0 Å². The SMILES string of the molecule is CN(C)c1nccc(CNC[C@H]2CC[C@@H](c3ncn[nH]3)O2)n1. The molecule has 2 aromatic rings. The van der Waals surface area contributed by atoms with E-state index in [4.69, 9.17) is 4.74 Å². The minimum absolute atomic E-state index is 0.0358. The van der Waals surface area contributed by atoms with Gasteiger partial charge in [0.05, 0.1) is 11.8 Å². The van der Waals surface area contributed by atoms with E-state index in [2.05, 4.69) is 30.5 Å². The van der Waals surface area contributed by atoms with Crippen molar-refractivity contribution in [2.24, 2.45) is 0 Å². The molecule has 2 atom stereocenters. The molecule has 3 heterocycles. The summed E-state index contributed by atoms with van der Waals surface area (Å²) in [5, 5.41) is 10.1. The molecule has 0 radical (unpaired) electrons. The van der Waals surface area contributed by atoms with Crippen molar-refractivity contribution in [3.05, 3.63) is 30.1 Å². The zero-order chi connectivity index (χ0) is 15.4. The molecule has 3 rings (SSSR count). The predicted octanol–water partition coefficient (Wildman–Crippen LogP) is 0.671. The molecule has 2 N–H and O–H groups in total. The summed E-state index contributed by atoms with van der Waals surface area (Å²) in [7, 11) is 3.87. The quantitative estimate of drug-likeness (QED) is 0.810. The average Bonchev–Trinajstić information content (AvgIpc) is 3.18. The van der Waals surface area contributed by atoms with Gasteiger partial charge in [0.1, 0.15) is 12.4 Å². The molecular weight excluding hydrogens is 282 g/mol. The van der Waals surface area contributed by atoms with Gasteiger partial charge in [0.25, 0.3) is 0 Å². The van der Waals surface area contributed by atoms with E-state index in [1.54, 1.807) is 6.20 Å². The second-order valence-electron chi connectivity index (χ2n) is 5.57. The number of nitrogens with one attached hydrogen (secondary N) is 2. The van der Waals surface area contributed by atoms with Crippen LogP contribution in [0.15, 0.2) is 18.6 Å². The fraction of sp³-hybridized carbons (Fsp3) is 0.571. The number of anilines is 1. The van der Waals surface area contributed by atoms with E-state index < -0.39 is 0 Å². The third-order valence-corrected chi connectivity index (χ3v) is 3.62. The topological polar surface area (TPSA) is 91.9 Å². The number of ether oxygens (including phenoxy) is 1. The summed E-state index contributed by atoms with van der Waals surface area (Å²) in [5.41, 5.74) is 0.975. The number of rotatable bonds is 6. The first-order chi connectivity index (χ1) is 10.7. The molecule has 1 aliphatic heterocycles. The lowest BCUT2D eigenvalue weighted by Gasteiger charge is -2.14. The van der Waals surface area contributed by atoms with Crippen molar-refractivity contribution < 1.29 is 4.74 Å². The van der Waals surface area contributed by atoms with Crippen molar-refractivity contribution in [1.82, 2.24) is 30.5 Å². The van der Waals surface area contributed by atoms with Crippen LogP contribution in [0.2, 0.25) is 0 Å². The Morgan fingerprint density at radius 1 is 1.36 bits per heavy atom. The van der Waals surface area contributed by atoms with Gasteiger partial charge in [-0.3, -0.25) is 5.10 Å². The van der Waals surface area contributed by atoms with Crippen LogP contribution in [0, 0.1) is 0 Å². The van der Waals surface area contributed by atoms with Crippen molar-refractivity contribution in [3.8, 4) is 0 Å². The highest BCUT2D eigenvalue weighted by molar-refractivity contribution is 5.26. The first-order valence-electron chi connectivity index (χ1n) is 7.43. The molecule has 0 saturated carbocycles. The fourth-order valence-corrected chi connectivity index (χ4v) is 2.49. The summed E-state index contributed by atoms with van der Waals surface area (Å²) in [6.45, 7) is 1.50. The van der Waals surface area contributed by atoms with Crippen LogP contribution in [-0.2, 0) is 11.3 Å². The van der Waals surface area contributed by atoms with Gasteiger partial charge in [0, 0.05) is 33.4 Å².